The van der Waals surface area contributed by atoms with Crippen molar-refractivity contribution in [3.8, 4) is 0 Å². The Labute approximate surface area is 165 Å². The van der Waals surface area contributed by atoms with Crippen LogP contribution in [0.4, 0.5) is 10.1 Å². The highest BCUT2D eigenvalue weighted by atomic mass is 19.1. The van der Waals surface area contributed by atoms with Gasteiger partial charge in [-0.25, -0.2) is 4.39 Å². The van der Waals surface area contributed by atoms with Crippen molar-refractivity contribution in [2.75, 3.05) is 31.2 Å². The Hall–Kier alpha value is -2.40. The summed E-state index contributed by atoms with van der Waals surface area (Å²) in [5, 5.41) is 3.05. The minimum absolute atomic E-state index is 0.0287. The fraction of sp³-hybridized carbons (Fsp3) is 0.435. The number of nitrogens with one attached hydrogen (secondary N) is 1. The molecule has 2 aliphatic heterocycles. The molecule has 0 bridgehead atoms. The number of para-hydroxylation sites is 1. The van der Waals surface area contributed by atoms with Crippen LogP contribution in [0.5, 0.6) is 0 Å². The Balaban J connectivity index is 1.42. The maximum absolute atomic E-state index is 13.0. The highest BCUT2D eigenvalue weighted by Gasteiger charge is 2.45. The zero-order chi connectivity index (χ0) is 19.6. The lowest BCUT2D eigenvalue weighted by molar-refractivity contribution is -0.122. The van der Waals surface area contributed by atoms with Crippen molar-refractivity contribution >= 4 is 11.6 Å². The highest BCUT2D eigenvalue weighted by Crippen LogP contribution is 2.47. The molecule has 1 fully saturated rings. The molecule has 4 nitrogen and oxygen atoms in total. The van der Waals surface area contributed by atoms with Crippen molar-refractivity contribution in [1.29, 1.82) is 0 Å². The number of carbonyl (C=O) groups excluding carboxylic acids is 1. The van der Waals surface area contributed by atoms with Gasteiger partial charge in [-0.15, -0.1) is 0 Å². The topological polar surface area (TPSA) is 41.6 Å². The maximum Gasteiger partial charge on any atom is 0.242 e. The number of rotatable bonds is 5. The van der Waals surface area contributed by atoms with E-state index in [4.69, 9.17) is 4.74 Å². The lowest BCUT2D eigenvalue weighted by Gasteiger charge is -2.35. The van der Waals surface area contributed by atoms with E-state index in [9.17, 15) is 9.18 Å². The molecule has 5 heteroatoms. The van der Waals surface area contributed by atoms with Crippen molar-refractivity contribution < 1.29 is 13.9 Å². The van der Waals surface area contributed by atoms with E-state index in [1.807, 2.05) is 13.0 Å². The molecule has 1 N–H and O–H groups in total. The summed E-state index contributed by atoms with van der Waals surface area (Å²) in [7, 11) is 0. The molecule has 2 aromatic rings. The van der Waals surface area contributed by atoms with Crippen LogP contribution in [0, 0.1) is 5.82 Å². The number of ether oxygens (including phenoxy) is 1. The number of fused-ring (bicyclic) bond motifs is 2. The smallest absolute Gasteiger partial charge is 0.242 e. The second-order valence-electron chi connectivity index (χ2n) is 7.88. The largest absolute Gasteiger partial charge is 0.381 e. The van der Waals surface area contributed by atoms with Crippen LogP contribution in [-0.2, 0) is 21.4 Å². The molecular formula is C23H27FN2O2. The molecule has 1 atom stereocenters. The van der Waals surface area contributed by atoms with E-state index in [0.29, 0.717) is 13.0 Å². The highest BCUT2D eigenvalue weighted by molar-refractivity contribution is 5.86. The first-order valence-corrected chi connectivity index (χ1v) is 10.1. The Morgan fingerprint density at radius 1 is 1.18 bits per heavy atom. The minimum Gasteiger partial charge on any atom is -0.381 e. The number of carbonyl (C=O) groups is 1. The van der Waals surface area contributed by atoms with Crippen LogP contribution < -0.4 is 10.2 Å². The summed E-state index contributed by atoms with van der Waals surface area (Å²) in [4.78, 5) is 15.1. The summed E-state index contributed by atoms with van der Waals surface area (Å²) in [6, 6.07) is 14.7. The lowest BCUT2D eigenvalue weighted by Crippen LogP contribution is -2.48. The van der Waals surface area contributed by atoms with Crippen LogP contribution in [0.1, 0.15) is 30.9 Å². The Bertz CT molecular complexity index is 831. The van der Waals surface area contributed by atoms with Gasteiger partial charge in [-0.3, -0.25) is 4.79 Å². The maximum atomic E-state index is 13.0. The van der Waals surface area contributed by atoms with E-state index in [0.717, 1.165) is 38.2 Å². The van der Waals surface area contributed by atoms with Crippen molar-refractivity contribution in [3.05, 3.63) is 65.5 Å². The number of anilines is 1. The van der Waals surface area contributed by atoms with E-state index in [1.165, 1.54) is 23.4 Å². The quantitative estimate of drug-likeness (QED) is 0.861. The van der Waals surface area contributed by atoms with E-state index in [2.05, 4.69) is 28.4 Å². The monoisotopic (exact) mass is 382 g/mol. The molecule has 0 radical (unpaired) electrons. The van der Waals surface area contributed by atoms with E-state index in [1.54, 1.807) is 12.1 Å². The van der Waals surface area contributed by atoms with E-state index < -0.39 is 0 Å². The van der Waals surface area contributed by atoms with Crippen LogP contribution in [0.2, 0.25) is 0 Å². The molecule has 1 spiro atoms. The van der Waals surface area contributed by atoms with Crippen LogP contribution in [0.15, 0.2) is 48.5 Å². The average molecular weight is 382 g/mol. The summed E-state index contributed by atoms with van der Waals surface area (Å²) in [6.45, 7) is 4.94. The summed E-state index contributed by atoms with van der Waals surface area (Å²) < 4.78 is 18.6. The van der Waals surface area contributed by atoms with Gasteiger partial charge >= 0.3 is 0 Å². The van der Waals surface area contributed by atoms with Crippen LogP contribution in [-0.4, -0.2) is 38.3 Å². The molecule has 148 valence electrons. The van der Waals surface area contributed by atoms with Gasteiger partial charge in [0, 0.05) is 37.4 Å². The van der Waals surface area contributed by atoms with Crippen molar-refractivity contribution in [3.63, 3.8) is 0 Å². The van der Waals surface area contributed by atoms with Gasteiger partial charge in [-0.2, -0.15) is 0 Å². The van der Waals surface area contributed by atoms with Gasteiger partial charge in [0.25, 0.3) is 0 Å². The van der Waals surface area contributed by atoms with Gasteiger partial charge in [0.15, 0.2) is 0 Å². The second kappa shape index (κ2) is 7.92. The van der Waals surface area contributed by atoms with Crippen LogP contribution >= 0.6 is 0 Å². The van der Waals surface area contributed by atoms with E-state index in [-0.39, 0.29) is 23.2 Å². The Kier molecular flexibility index (Phi) is 5.36. The number of benzene rings is 2. The standard InChI is InChI=1S/C23H27FN2O2/c1-17(22(27)25-13-10-18-6-8-19(24)9-7-18)26-16-23(11-14-28-15-12-23)20-4-2-3-5-21(20)26/h2-9,17H,10-16H2,1H3,(H,25,27). The number of amides is 1. The van der Waals surface area contributed by atoms with E-state index >= 15 is 0 Å². The molecule has 1 saturated heterocycles. The minimum atomic E-state index is -0.240. The predicted molar refractivity (Wildman–Crippen MR) is 108 cm³/mol. The molecule has 0 aliphatic carbocycles. The number of hydrogen-bond donors (Lipinski definition) is 1. The zero-order valence-corrected chi connectivity index (χ0v) is 16.3. The Morgan fingerprint density at radius 3 is 2.64 bits per heavy atom. The summed E-state index contributed by atoms with van der Waals surface area (Å²) in [5.74, 6) is -0.211. The molecular weight excluding hydrogens is 355 g/mol. The summed E-state index contributed by atoms with van der Waals surface area (Å²) >= 11 is 0. The first kappa shape index (κ1) is 18.9. The number of halogens is 1. The molecule has 0 aromatic heterocycles. The van der Waals surface area contributed by atoms with Gasteiger partial charge in [-0.1, -0.05) is 30.3 Å². The normalized spacial score (nSPS) is 18.7. The second-order valence-corrected chi connectivity index (χ2v) is 7.88. The van der Waals surface area contributed by atoms with Crippen LogP contribution in [0.25, 0.3) is 0 Å². The van der Waals surface area contributed by atoms with Crippen molar-refractivity contribution in [2.24, 2.45) is 0 Å². The van der Waals surface area contributed by atoms with Crippen molar-refractivity contribution in [2.45, 2.75) is 37.6 Å². The SMILES string of the molecule is CC(C(=O)NCCc1ccc(F)cc1)N1CC2(CCOCC2)c2ccccc21. The molecule has 0 saturated carbocycles. The third kappa shape index (κ3) is 3.63. The average Bonchev–Trinajstić information content (AvgIpc) is 3.03. The zero-order valence-electron chi connectivity index (χ0n) is 16.3. The third-order valence-electron chi connectivity index (χ3n) is 6.18. The fourth-order valence-electron chi connectivity index (χ4n) is 4.47. The van der Waals surface area contributed by atoms with Gasteiger partial charge in [0.05, 0.1) is 0 Å². The predicted octanol–water partition coefficient (Wildman–Crippen LogP) is 3.44. The van der Waals surface area contributed by atoms with Gasteiger partial charge in [0.1, 0.15) is 11.9 Å². The molecule has 2 aliphatic rings. The van der Waals surface area contributed by atoms with Gasteiger partial charge in [0.2, 0.25) is 5.91 Å². The summed E-state index contributed by atoms with van der Waals surface area (Å²) in [5.41, 5.74) is 3.63. The molecule has 1 amide bonds. The first-order valence-electron chi connectivity index (χ1n) is 10.1. The molecule has 2 heterocycles. The first-order chi connectivity index (χ1) is 13.6. The molecule has 1 unspecified atom stereocenters. The third-order valence-corrected chi connectivity index (χ3v) is 6.18. The molecule has 28 heavy (non-hydrogen) atoms. The summed E-state index contributed by atoms with van der Waals surface area (Å²) in [6.07, 6.45) is 2.69. The number of hydrogen-bond acceptors (Lipinski definition) is 3. The molecule has 2 aromatic carbocycles. The lowest BCUT2D eigenvalue weighted by atomic mass is 9.76. The van der Waals surface area contributed by atoms with Gasteiger partial charge < -0.3 is 15.0 Å². The van der Waals surface area contributed by atoms with Crippen LogP contribution in [0.3, 0.4) is 0 Å². The molecule has 4 rings (SSSR count). The van der Waals surface area contributed by atoms with Gasteiger partial charge in [-0.05, 0) is 55.5 Å². The van der Waals surface area contributed by atoms with Crippen molar-refractivity contribution in [1.82, 2.24) is 5.32 Å². The number of nitrogens with zero attached hydrogens (tertiary/aromatic N) is 1. The fourth-order valence-corrected chi connectivity index (χ4v) is 4.47. The Morgan fingerprint density at radius 2 is 1.89 bits per heavy atom.